The van der Waals surface area contributed by atoms with Gasteiger partial charge in [0.15, 0.2) is 0 Å². The van der Waals surface area contributed by atoms with Crippen LogP contribution in [0, 0.1) is 24.0 Å². The lowest BCUT2D eigenvalue weighted by atomic mass is 10.1. The fraction of sp³-hybridized carbons (Fsp3) is 0.360. The molecule has 1 aliphatic rings. The Balaban J connectivity index is 1.29. The van der Waals surface area contributed by atoms with Gasteiger partial charge >= 0.3 is 5.69 Å². The Bertz CT molecular complexity index is 1140. The van der Waals surface area contributed by atoms with Gasteiger partial charge in [0.2, 0.25) is 0 Å². The Hall–Kier alpha value is -3.56. The third kappa shape index (κ3) is 5.67. The first-order chi connectivity index (χ1) is 16.4. The summed E-state index contributed by atoms with van der Waals surface area (Å²) in [6.07, 6.45) is -0.0532. The van der Waals surface area contributed by atoms with Crippen LogP contribution in [0.2, 0.25) is 0 Å². The molecule has 2 aromatic carbocycles. The Morgan fingerprint density at radius 2 is 1.82 bits per heavy atom. The molecule has 1 fully saturated rings. The topological polar surface area (TPSA) is 103 Å². The summed E-state index contributed by atoms with van der Waals surface area (Å²) in [6.45, 7) is 7.32. The zero-order chi connectivity index (χ0) is 24.1. The quantitative estimate of drug-likeness (QED) is 0.407. The van der Waals surface area contributed by atoms with Crippen LogP contribution in [-0.2, 0) is 17.8 Å². The van der Waals surface area contributed by atoms with Gasteiger partial charge in [-0.1, -0.05) is 42.5 Å². The second-order valence-corrected chi connectivity index (χ2v) is 8.55. The Kier molecular flexibility index (Phi) is 7.34. The van der Waals surface area contributed by atoms with E-state index in [2.05, 4.69) is 27.4 Å². The van der Waals surface area contributed by atoms with Gasteiger partial charge in [-0.25, -0.2) is 0 Å². The van der Waals surface area contributed by atoms with Crippen molar-refractivity contribution in [3.8, 4) is 0 Å². The summed E-state index contributed by atoms with van der Waals surface area (Å²) >= 11 is 0. The predicted molar refractivity (Wildman–Crippen MR) is 128 cm³/mol. The summed E-state index contributed by atoms with van der Waals surface area (Å²) in [4.78, 5) is 25.8. The molecule has 0 spiro atoms. The summed E-state index contributed by atoms with van der Waals surface area (Å²) in [7, 11) is 0. The van der Waals surface area contributed by atoms with Gasteiger partial charge in [0.1, 0.15) is 11.4 Å². The number of carbonyl (C=O) groups is 1. The van der Waals surface area contributed by atoms with Gasteiger partial charge in [0.05, 0.1) is 24.2 Å². The van der Waals surface area contributed by atoms with Crippen molar-refractivity contribution in [2.45, 2.75) is 33.0 Å². The number of aryl methyl sites for hydroxylation is 1. The highest BCUT2D eigenvalue weighted by atomic mass is 16.6. The van der Waals surface area contributed by atoms with Crippen molar-refractivity contribution in [1.29, 1.82) is 0 Å². The van der Waals surface area contributed by atoms with Gasteiger partial charge in [-0.05, 0) is 37.1 Å². The monoisotopic (exact) mass is 463 g/mol. The lowest BCUT2D eigenvalue weighted by Crippen LogP contribution is -2.47. The average molecular weight is 464 g/mol. The largest absolute Gasteiger partial charge is 0.374 e. The van der Waals surface area contributed by atoms with E-state index in [9.17, 15) is 14.9 Å². The number of nitrogens with one attached hydrogen (secondary N) is 1. The van der Waals surface area contributed by atoms with E-state index in [1.165, 1.54) is 5.56 Å². The summed E-state index contributed by atoms with van der Waals surface area (Å²) in [5, 5.41) is 18.4. The van der Waals surface area contributed by atoms with E-state index in [0.29, 0.717) is 36.6 Å². The number of benzene rings is 2. The van der Waals surface area contributed by atoms with Crippen molar-refractivity contribution < 1.29 is 14.5 Å². The third-order valence-corrected chi connectivity index (χ3v) is 6.04. The van der Waals surface area contributed by atoms with Gasteiger partial charge in [-0.2, -0.15) is 5.10 Å². The summed E-state index contributed by atoms with van der Waals surface area (Å²) < 4.78 is 7.46. The van der Waals surface area contributed by atoms with Crippen LogP contribution in [0.15, 0.2) is 54.6 Å². The lowest BCUT2D eigenvalue weighted by Gasteiger charge is -2.33. The van der Waals surface area contributed by atoms with Crippen LogP contribution in [0.25, 0.3) is 0 Å². The van der Waals surface area contributed by atoms with E-state index in [4.69, 9.17) is 4.74 Å². The molecular formula is C25H29N5O4. The molecule has 0 bridgehead atoms. The maximum absolute atomic E-state index is 12.6. The van der Waals surface area contributed by atoms with Crippen LogP contribution in [-0.4, -0.2) is 57.9 Å². The summed E-state index contributed by atoms with van der Waals surface area (Å²) in [6, 6.07) is 17.5. The molecule has 34 heavy (non-hydrogen) atoms. The number of hydrogen-bond acceptors (Lipinski definition) is 6. The molecule has 1 aliphatic heterocycles. The fourth-order valence-corrected chi connectivity index (χ4v) is 4.24. The van der Waals surface area contributed by atoms with Crippen LogP contribution in [0.1, 0.15) is 32.9 Å². The normalized spacial score (nSPS) is 16.4. The molecule has 1 atom stereocenters. The minimum absolute atomic E-state index is 0.0447. The molecule has 1 aromatic heterocycles. The molecule has 1 unspecified atom stereocenters. The summed E-state index contributed by atoms with van der Waals surface area (Å²) in [5.74, 6) is -0.155. The first-order valence-corrected chi connectivity index (χ1v) is 11.3. The second kappa shape index (κ2) is 10.6. The van der Waals surface area contributed by atoms with E-state index in [1.54, 1.807) is 30.7 Å². The van der Waals surface area contributed by atoms with Crippen molar-refractivity contribution in [3.63, 3.8) is 0 Å². The third-order valence-electron chi connectivity index (χ3n) is 6.04. The van der Waals surface area contributed by atoms with Gasteiger partial charge in [-0.15, -0.1) is 0 Å². The number of aromatic nitrogens is 2. The molecule has 4 rings (SSSR count). The van der Waals surface area contributed by atoms with Crippen LogP contribution in [0.4, 0.5) is 5.69 Å². The Labute approximate surface area is 198 Å². The number of amides is 1. The molecule has 1 saturated heterocycles. The average Bonchev–Trinajstić information content (AvgIpc) is 3.11. The number of carbonyl (C=O) groups excluding carboxylic acids is 1. The molecule has 3 aromatic rings. The SMILES string of the molecule is Cc1nn(Cc2ccc(C(=O)NCC3CN(Cc4ccccc4)CCO3)cc2)c(C)c1[N+](=O)[O-]. The van der Waals surface area contributed by atoms with Crippen LogP contribution in [0.3, 0.4) is 0 Å². The highest BCUT2D eigenvalue weighted by Crippen LogP contribution is 2.22. The van der Waals surface area contributed by atoms with Crippen molar-refractivity contribution in [1.82, 2.24) is 20.0 Å². The molecule has 9 heteroatoms. The number of morpholine rings is 1. The predicted octanol–water partition coefficient (Wildman–Crippen LogP) is 3.09. The van der Waals surface area contributed by atoms with E-state index >= 15 is 0 Å². The molecule has 1 N–H and O–H groups in total. The fourth-order valence-electron chi connectivity index (χ4n) is 4.24. The van der Waals surface area contributed by atoms with Crippen molar-refractivity contribution in [3.05, 3.63) is 92.8 Å². The number of hydrogen-bond donors (Lipinski definition) is 1. The highest BCUT2D eigenvalue weighted by molar-refractivity contribution is 5.94. The minimum Gasteiger partial charge on any atom is -0.374 e. The van der Waals surface area contributed by atoms with E-state index in [-0.39, 0.29) is 17.7 Å². The minimum atomic E-state index is -0.404. The lowest BCUT2D eigenvalue weighted by molar-refractivity contribution is -0.386. The first kappa shape index (κ1) is 23.6. The number of nitro groups is 1. The molecule has 2 heterocycles. The smallest absolute Gasteiger partial charge is 0.312 e. The van der Waals surface area contributed by atoms with E-state index < -0.39 is 4.92 Å². The maximum atomic E-state index is 12.6. The molecule has 1 amide bonds. The Morgan fingerprint density at radius 1 is 1.12 bits per heavy atom. The van der Waals surface area contributed by atoms with Gasteiger partial charge in [-0.3, -0.25) is 24.5 Å². The van der Waals surface area contributed by atoms with Gasteiger partial charge in [0, 0.05) is 31.7 Å². The van der Waals surface area contributed by atoms with Crippen molar-refractivity contribution >= 4 is 11.6 Å². The molecular weight excluding hydrogens is 434 g/mol. The van der Waals surface area contributed by atoms with Crippen molar-refractivity contribution in [2.75, 3.05) is 26.2 Å². The number of ether oxygens (including phenoxy) is 1. The maximum Gasteiger partial charge on any atom is 0.312 e. The number of nitrogens with zero attached hydrogens (tertiary/aromatic N) is 4. The molecule has 0 aliphatic carbocycles. The Morgan fingerprint density at radius 3 is 2.50 bits per heavy atom. The van der Waals surface area contributed by atoms with Crippen LogP contribution >= 0.6 is 0 Å². The molecule has 0 radical (unpaired) electrons. The molecule has 9 nitrogen and oxygen atoms in total. The molecule has 0 saturated carbocycles. The first-order valence-electron chi connectivity index (χ1n) is 11.3. The molecule has 178 valence electrons. The zero-order valence-corrected chi connectivity index (χ0v) is 19.4. The van der Waals surface area contributed by atoms with Gasteiger partial charge in [0.25, 0.3) is 5.91 Å². The van der Waals surface area contributed by atoms with Gasteiger partial charge < -0.3 is 10.1 Å². The second-order valence-electron chi connectivity index (χ2n) is 8.55. The van der Waals surface area contributed by atoms with Crippen molar-refractivity contribution in [2.24, 2.45) is 0 Å². The zero-order valence-electron chi connectivity index (χ0n) is 19.4. The van der Waals surface area contributed by atoms with Crippen LogP contribution < -0.4 is 5.32 Å². The van der Waals surface area contributed by atoms with E-state index in [0.717, 1.165) is 25.2 Å². The summed E-state index contributed by atoms with van der Waals surface area (Å²) in [5.41, 5.74) is 3.68. The van der Waals surface area contributed by atoms with Crippen LogP contribution in [0.5, 0.6) is 0 Å². The standard InChI is InChI=1S/C25H29N5O4/c1-18-24(30(32)33)19(2)29(27-18)16-21-8-10-22(11-9-21)25(31)26-14-23-17-28(12-13-34-23)15-20-6-4-3-5-7-20/h3-11,23H,12-17H2,1-2H3,(H,26,31). The highest BCUT2D eigenvalue weighted by Gasteiger charge is 2.23. The number of rotatable bonds is 8. The van der Waals surface area contributed by atoms with E-state index in [1.807, 2.05) is 30.3 Å².